The number of halogens is 3. The van der Waals surface area contributed by atoms with Crippen molar-refractivity contribution in [1.29, 1.82) is 10.7 Å². The molecule has 0 unspecified atom stereocenters. The van der Waals surface area contributed by atoms with Gasteiger partial charge in [-0.1, -0.05) is 41.4 Å². The van der Waals surface area contributed by atoms with E-state index in [0.717, 1.165) is 12.4 Å². The van der Waals surface area contributed by atoms with E-state index >= 15 is 0 Å². The Labute approximate surface area is 193 Å². The van der Waals surface area contributed by atoms with Crippen molar-refractivity contribution in [3.63, 3.8) is 0 Å². The first-order chi connectivity index (χ1) is 15.4. The van der Waals surface area contributed by atoms with Gasteiger partial charge in [0.1, 0.15) is 18.2 Å². The van der Waals surface area contributed by atoms with Crippen LogP contribution in [0.25, 0.3) is 0 Å². The molecular formula is C23H16Cl2FN5O. The van der Waals surface area contributed by atoms with E-state index in [1.54, 1.807) is 48.5 Å². The van der Waals surface area contributed by atoms with Crippen LogP contribution in [0.2, 0.25) is 10.0 Å². The summed E-state index contributed by atoms with van der Waals surface area (Å²) in [5, 5.41) is 22.8. The topological polar surface area (TPSA) is 101 Å². The summed E-state index contributed by atoms with van der Waals surface area (Å²) in [6.45, 7) is 0. The molecule has 1 amide bonds. The third-order valence-electron chi connectivity index (χ3n) is 4.53. The van der Waals surface area contributed by atoms with E-state index < -0.39 is 17.8 Å². The predicted molar refractivity (Wildman–Crippen MR) is 124 cm³/mol. The smallest absolute Gasteiger partial charge is 0.252 e. The number of nitriles is 1. The Hall–Kier alpha value is -3.73. The van der Waals surface area contributed by atoms with Gasteiger partial charge in [-0.05, 0) is 48.0 Å². The Bertz CT molecular complexity index is 1220. The Kier molecular flexibility index (Phi) is 7.55. The lowest BCUT2D eigenvalue weighted by Crippen LogP contribution is -2.30. The van der Waals surface area contributed by atoms with E-state index in [0.29, 0.717) is 26.9 Å². The fourth-order valence-electron chi connectivity index (χ4n) is 3.01. The van der Waals surface area contributed by atoms with Gasteiger partial charge in [-0.2, -0.15) is 5.26 Å². The van der Waals surface area contributed by atoms with Crippen molar-refractivity contribution in [2.24, 2.45) is 4.99 Å². The van der Waals surface area contributed by atoms with Crippen LogP contribution in [0.5, 0.6) is 0 Å². The minimum atomic E-state index is -0.778. The maximum absolute atomic E-state index is 14.0. The van der Waals surface area contributed by atoms with Gasteiger partial charge >= 0.3 is 0 Å². The third-order valence-corrected chi connectivity index (χ3v) is 5.01. The first-order valence-corrected chi connectivity index (χ1v) is 10.0. The summed E-state index contributed by atoms with van der Waals surface area (Å²) in [6, 6.07) is 16.7. The van der Waals surface area contributed by atoms with Crippen LogP contribution in [0.1, 0.15) is 33.1 Å². The highest BCUT2D eigenvalue weighted by molar-refractivity contribution is 6.31. The number of anilines is 1. The van der Waals surface area contributed by atoms with E-state index in [9.17, 15) is 9.18 Å². The molecule has 0 radical (unpaired) electrons. The van der Waals surface area contributed by atoms with E-state index in [2.05, 4.69) is 15.6 Å². The quantitative estimate of drug-likeness (QED) is 0.312. The summed E-state index contributed by atoms with van der Waals surface area (Å²) in [5.74, 6) is -1.32. The molecule has 9 heteroatoms. The largest absolute Gasteiger partial charge is 0.346 e. The molecule has 3 aromatic rings. The van der Waals surface area contributed by atoms with Gasteiger partial charge in [0.05, 0.1) is 17.9 Å². The number of benzene rings is 3. The van der Waals surface area contributed by atoms with Crippen LogP contribution in [0.4, 0.5) is 10.1 Å². The molecule has 0 saturated carbocycles. The second kappa shape index (κ2) is 10.5. The lowest BCUT2D eigenvalue weighted by Gasteiger charge is -2.23. The molecule has 0 fully saturated rings. The molecule has 3 rings (SSSR count). The van der Waals surface area contributed by atoms with Crippen LogP contribution in [-0.2, 0) is 0 Å². The van der Waals surface area contributed by atoms with Crippen LogP contribution in [0.3, 0.4) is 0 Å². The first kappa shape index (κ1) is 22.9. The van der Waals surface area contributed by atoms with Crippen molar-refractivity contribution < 1.29 is 9.18 Å². The number of carbonyl (C=O) groups excluding carboxylic acids is 1. The summed E-state index contributed by atoms with van der Waals surface area (Å²) in [5.41, 5.74) is 1.83. The highest BCUT2D eigenvalue weighted by atomic mass is 35.5. The number of nitrogens with zero attached hydrogens (tertiary/aromatic N) is 2. The minimum absolute atomic E-state index is 0.0642. The molecular weight excluding hydrogens is 452 g/mol. The summed E-state index contributed by atoms with van der Waals surface area (Å²) < 4.78 is 14.0. The Morgan fingerprint density at radius 3 is 2.47 bits per heavy atom. The monoisotopic (exact) mass is 467 g/mol. The first-order valence-electron chi connectivity index (χ1n) is 9.25. The van der Waals surface area contributed by atoms with Crippen LogP contribution in [0.15, 0.2) is 65.7 Å². The molecule has 1 atom stereocenters. The number of nitrogens with one attached hydrogen (secondary N) is 3. The van der Waals surface area contributed by atoms with Gasteiger partial charge in [0.25, 0.3) is 5.91 Å². The van der Waals surface area contributed by atoms with Crippen molar-refractivity contribution in [2.45, 2.75) is 6.04 Å². The Morgan fingerprint density at radius 1 is 1.09 bits per heavy atom. The number of hydrogen-bond acceptors (Lipinski definition) is 3. The Morgan fingerprint density at radius 2 is 1.81 bits per heavy atom. The normalized spacial score (nSPS) is 11.6. The SMILES string of the molecule is N#Cc1ccc(C(=O)N[C@@H](c2ccc(Cl)cc2)c2ccc(Cl)cc2N/C=N\C=N)cc1F. The van der Waals surface area contributed by atoms with Crippen molar-refractivity contribution in [3.05, 3.63) is 98.8 Å². The van der Waals surface area contributed by atoms with E-state index in [4.69, 9.17) is 33.9 Å². The average Bonchev–Trinajstić information content (AvgIpc) is 2.78. The lowest BCUT2D eigenvalue weighted by atomic mass is 9.96. The summed E-state index contributed by atoms with van der Waals surface area (Å²) in [7, 11) is 0. The number of aliphatic imine (C=N–C) groups is 1. The molecule has 0 aromatic heterocycles. The molecule has 0 aliphatic heterocycles. The summed E-state index contributed by atoms with van der Waals surface area (Å²) in [6.07, 6.45) is 2.19. The second-order valence-corrected chi connectivity index (χ2v) is 7.42. The lowest BCUT2D eigenvalue weighted by molar-refractivity contribution is 0.0942. The maximum Gasteiger partial charge on any atom is 0.252 e. The fourth-order valence-corrected chi connectivity index (χ4v) is 3.30. The van der Waals surface area contributed by atoms with Gasteiger partial charge in [0, 0.05) is 26.9 Å². The van der Waals surface area contributed by atoms with Crippen molar-refractivity contribution >= 4 is 47.5 Å². The maximum atomic E-state index is 14.0. The minimum Gasteiger partial charge on any atom is -0.346 e. The van der Waals surface area contributed by atoms with Gasteiger partial charge in [0.2, 0.25) is 0 Å². The molecule has 0 spiro atoms. The van der Waals surface area contributed by atoms with Gasteiger partial charge in [-0.15, -0.1) is 0 Å². The van der Waals surface area contributed by atoms with Crippen molar-refractivity contribution in [2.75, 3.05) is 5.32 Å². The van der Waals surface area contributed by atoms with Gasteiger partial charge in [-0.25, -0.2) is 9.38 Å². The molecule has 6 nitrogen and oxygen atoms in total. The van der Waals surface area contributed by atoms with Crippen LogP contribution < -0.4 is 10.6 Å². The summed E-state index contributed by atoms with van der Waals surface area (Å²) >= 11 is 12.2. The molecule has 0 heterocycles. The van der Waals surface area contributed by atoms with Gasteiger partial charge in [-0.3, -0.25) is 10.2 Å². The highest BCUT2D eigenvalue weighted by Gasteiger charge is 2.22. The average molecular weight is 468 g/mol. The van der Waals surface area contributed by atoms with Crippen LogP contribution in [-0.4, -0.2) is 18.6 Å². The van der Waals surface area contributed by atoms with Crippen molar-refractivity contribution in [1.82, 2.24) is 5.32 Å². The van der Waals surface area contributed by atoms with Crippen molar-refractivity contribution in [3.8, 4) is 6.07 Å². The second-order valence-electron chi connectivity index (χ2n) is 6.55. The molecule has 32 heavy (non-hydrogen) atoms. The Balaban J connectivity index is 2.04. The molecule has 0 aliphatic rings. The molecule has 3 aromatic carbocycles. The molecule has 160 valence electrons. The zero-order valence-corrected chi connectivity index (χ0v) is 18.0. The predicted octanol–water partition coefficient (Wildman–Crippen LogP) is 5.57. The number of amides is 1. The van der Waals surface area contributed by atoms with Gasteiger partial charge in [0.15, 0.2) is 0 Å². The number of rotatable bonds is 7. The van der Waals surface area contributed by atoms with E-state index in [-0.39, 0.29) is 11.1 Å². The highest BCUT2D eigenvalue weighted by Crippen LogP contribution is 2.31. The van der Waals surface area contributed by atoms with Gasteiger partial charge < -0.3 is 10.6 Å². The molecule has 3 N–H and O–H groups in total. The standard InChI is InChI=1S/C23H16Cl2FN5O/c24-17-5-3-14(4-6-17)22(19-8-7-18(25)10-21(19)30-13-29-12-28)31-23(32)15-1-2-16(11-27)20(26)9-15/h1-10,12-13,22H,(H,31,32)(H2,28,29,30)/t22-/m0/s1. The fraction of sp³-hybridized carbons (Fsp3) is 0.0435. The molecule has 0 aliphatic carbocycles. The third kappa shape index (κ3) is 5.49. The van der Waals surface area contributed by atoms with Crippen LogP contribution >= 0.6 is 23.2 Å². The van der Waals surface area contributed by atoms with E-state index in [1.165, 1.54) is 18.5 Å². The van der Waals surface area contributed by atoms with E-state index in [1.807, 2.05) is 0 Å². The number of hydrogen-bond donors (Lipinski definition) is 3. The number of carbonyl (C=O) groups is 1. The molecule has 0 bridgehead atoms. The summed E-state index contributed by atoms with van der Waals surface area (Å²) in [4.78, 5) is 16.7. The zero-order chi connectivity index (χ0) is 23.1. The molecule has 0 saturated heterocycles. The van der Waals surface area contributed by atoms with Crippen LogP contribution in [0, 0.1) is 22.6 Å². The zero-order valence-electron chi connectivity index (χ0n) is 16.4.